The van der Waals surface area contributed by atoms with Crippen molar-refractivity contribution in [2.75, 3.05) is 5.32 Å². The first kappa shape index (κ1) is 13.8. The second-order valence-corrected chi connectivity index (χ2v) is 5.47. The number of hydrogen-bond acceptors (Lipinski definition) is 3. The Morgan fingerprint density at radius 2 is 2.05 bits per heavy atom. The number of fused-ring (bicyclic) bond motifs is 1. The molecule has 0 unspecified atom stereocenters. The highest BCUT2D eigenvalue weighted by atomic mass is 35.5. The van der Waals surface area contributed by atoms with Crippen molar-refractivity contribution in [3.05, 3.63) is 51.9 Å². The number of pyridine rings is 1. The summed E-state index contributed by atoms with van der Waals surface area (Å²) in [4.78, 5) is 4.54. The zero-order valence-corrected chi connectivity index (χ0v) is 12.0. The van der Waals surface area contributed by atoms with Crippen LogP contribution in [0.2, 0.25) is 5.02 Å². The van der Waals surface area contributed by atoms with Gasteiger partial charge in [-0.25, -0.2) is 9.37 Å². The van der Waals surface area contributed by atoms with E-state index in [9.17, 15) is 9.65 Å². The summed E-state index contributed by atoms with van der Waals surface area (Å²) < 4.78 is 13.3. The summed E-state index contributed by atoms with van der Waals surface area (Å²) in [6.07, 6.45) is 4.10. The van der Waals surface area contributed by atoms with Crippen LogP contribution in [0.15, 0.2) is 24.3 Å². The minimum Gasteiger partial charge on any atom is -0.338 e. The number of anilines is 2. The molecule has 0 atom stereocenters. The average molecular weight is 302 g/mol. The van der Waals surface area contributed by atoms with Crippen LogP contribution in [0.5, 0.6) is 0 Å². The summed E-state index contributed by atoms with van der Waals surface area (Å²) in [7, 11) is 0. The first-order valence-electron chi connectivity index (χ1n) is 6.82. The molecular formula is C16H13ClFN3. The average Bonchev–Trinajstić information content (AvgIpc) is 2.50. The minimum absolute atomic E-state index is 0.389. The fraction of sp³-hybridized carbons (Fsp3) is 0.250. The third-order valence-corrected chi connectivity index (χ3v) is 3.93. The molecule has 3 nitrogen and oxygen atoms in total. The number of rotatable bonds is 2. The second-order valence-electron chi connectivity index (χ2n) is 5.06. The van der Waals surface area contributed by atoms with Crippen molar-refractivity contribution in [2.45, 2.75) is 25.7 Å². The van der Waals surface area contributed by atoms with Crippen LogP contribution in [0.25, 0.3) is 0 Å². The largest absolute Gasteiger partial charge is 0.338 e. The van der Waals surface area contributed by atoms with Crippen LogP contribution in [0.4, 0.5) is 15.9 Å². The molecule has 0 amide bonds. The number of nitrogens with zero attached hydrogens (tertiary/aromatic N) is 2. The quantitative estimate of drug-likeness (QED) is 0.896. The fourth-order valence-corrected chi connectivity index (χ4v) is 2.70. The number of nitriles is 1. The van der Waals surface area contributed by atoms with Gasteiger partial charge in [0.25, 0.3) is 0 Å². The van der Waals surface area contributed by atoms with Gasteiger partial charge in [0.1, 0.15) is 17.7 Å². The lowest BCUT2D eigenvalue weighted by molar-refractivity contribution is 0.628. The van der Waals surface area contributed by atoms with E-state index in [2.05, 4.69) is 16.4 Å². The smallest absolute Gasteiger partial charge is 0.148 e. The van der Waals surface area contributed by atoms with Crippen molar-refractivity contribution in [1.29, 1.82) is 5.26 Å². The van der Waals surface area contributed by atoms with E-state index in [0.717, 1.165) is 36.9 Å². The van der Waals surface area contributed by atoms with E-state index in [-0.39, 0.29) is 0 Å². The highest BCUT2D eigenvalue weighted by molar-refractivity contribution is 6.33. The molecule has 0 saturated carbocycles. The Balaban J connectivity index is 2.02. The van der Waals surface area contributed by atoms with Crippen LogP contribution >= 0.6 is 11.6 Å². The Hall–Kier alpha value is -2.12. The molecule has 106 valence electrons. The van der Waals surface area contributed by atoms with Crippen molar-refractivity contribution in [3.63, 3.8) is 0 Å². The first-order valence-corrected chi connectivity index (χ1v) is 7.20. The van der Waals surface area contributed by atoms with Gasteiger partial charge in [0.15, 0.2) is 0 Å². The van der Waals surface area contributed by atoms with Gasteiger partial charge in [-0.15, -0.1) is 0 Å². The molecule has 0 fully saturated rings. The third kappa shape index (κ3) is 2.84. The molecule has 0 spiro atoms. The second kappa shape index (κ2) is 5.71. The fourth-order valence-electron chi connectivity index (χ4n) is 2.54. The van der Waals surface area contributed by atoms with Gasteiger partial charge < -0.3 is 5.32 Å². The van der Waals surface area contributed by atoms with Crippen LogP contribution < -0.4 is 5.32 Å². The first-order chi connectivity index (χ1) is 10.2. The third-order valence-electron chi connectivity index (χ3n) is 3.60. The van der Waals surface area contributed by atoms with Crippen LogP contribution in [0.1, 0.15) is 29.7 Å². The Bertz CT molecular complexity index is 737. The molecule has 3 rings (SSSR count). The molecule has 5 heteroatoms. The Morgan fingerprint density at radius 1 is 1.24 bits per heavy atom. The van der Waals surface area contributed by atoms with Crippen molar-refractivity contribution in [1.82, 2.24) is 4.98 Å². The molecule has 1 N–H and O–H groups in total. The van der Waals surface area contributed by atoms with Crippen LogP contribution in [0, 0.1) is 17.1 Å². The zero-order valence-electron chi connectivity index (χ0n) is 11.3. The van der Waals surface area contributed by atoms with Gasteiger partial charge in [-0.1, -0.05) is 11.6 Å². The minimum atomic E-state index is -0.390. The van der Waals surface area contributed by atoms with Crippen molar-refractivity contribution in [3.8, 4) is 6.07 Å². The van der Waals surface area contributed by atoms with Crippen LogP contribution in [-0.4, -0.2) is 4.98 Å². The molecule has 1 aliphatic carbocycles. The number of halogens is 2. The van der Waals surface area contributed by atoms with Crippen LogP contribution in [0.3, 0.4) is 0 Å². The van der Waals surface area contributed by atoms with Crippen molar-refractivity contribution < 1.29 is 4.39 Å². The van der Waals surface area contributed by atoms with E-state index < -0.39 is 5.82 Å². The number of hydrogen-bond donors (Lipinski definition) is 1. The van der Waals surface area contributed by atoms with Gasteiger partial charge >= 0.3 is 0 Å². The maximum Gasteiger partial charge on any atom is 0.148 e. The molecule has 0 saturated heterocycles. The Morgan fingerprint density at radius 3 is 2.86 bits per heavy atom. The zero-order chi connectivity index (χ0) is 14.8. The van der Waals surface area contributed by atoms with Gasteiger partial charge in [0.2, 0.25) is 0 Å². The summed E-state index contributed by atoms with van der Waals surface area (Å²) in [5.74, 6) is 0.0454. The molecular weight excluding hydrogens is 289 g/mol. The van der Waals surface area contributed by atoms with Gasteiger partial charge in [-0.05, 0) is 55.5 Å². The molecule has 1 aliphatic rings. The van der Waals surface area contributed by atoms with Crippen molar-refractivity contribution >= 4 is 23.1 Å². The lowest BCUT2D eigenvalue weighted by Gasteiger charge is -2.17. The number of nitrogens with one attached hydrogen (secondary N) is 1. The van der Waals surface area contributed by atoms with E-state index in [1.165, 1.54) is 18.2 Å². The van der Waals surface area contributed by atoms with Gasteiger partial charge in [-0.3, -0.25) is 0 Å². The summed E-state index contributed by atoms with van der Waals surface area (Å²) >= 11 is 6.05. The molecule has 0 bridgehead atoms. The van der Waals surface area contributed by atoms with E-state index in [1.807, 2.05) is 6.07 Å². The summed E-state index contributed by atoms with van der Waals surface area (Å²) in [6, 6.07) is 8.07. The SMILES string of the molecule is N#Cc1cc2c(nc1Nc1cc(F)ccc1Cl)CCCC2. The van der Waals surface area contributed by atoms with E-state index in [4.69, 9.17) is 11.6 Å². The number of aromatic nitrogens is 1. The maximum atomic E-state index is 13.3. The van der Waals surface area contributed by atoms with E-state index in [0.29, 0.717) is 22.1 Å². The number of benzene rings is 1. The molecule has 0 radical (unpaired) electrons. The lowest BCUT2D eigenvalue weighted by Crippen LogP contribution is -2.09. The van der Waals surface area contributed by atoms with Gasteiger partial charge in [0, 0.05) is 5.69 Å². The van der Waals surface area contributed by atoms with Gasteiger partial charge in [-0.2, -0.15) is 5.26 Å². The standard InChI is InChI=1S/C16H13ClFN3/c17-13-6-5-12(18)8-15(13)21-16-11(9-19)7-10-3-1-2-4-14(10)20-16/h5-8H,1-4H2,(H,20,21). The maximum absolute atomic E-state index is 13.3. The Labute approximate surface area is 127 Å². The highest BCUT2D eigenvalue weighted by Gasteiger charge is 2.16. The molecule has 1 heterocycles. The molecule has 1 aromatic heterocycles. The summed E-state index contributed by atoms with van der Waals surface area (Å²) in [6.45, 7) is 0. The highest BCUT2D eigenvalue weighted by Crippen LogP contribution is 2.29. The normalized spacial score (nSPS) is 13.4. The van der Waals surface area contributed by atoms with Crippen LogP contribution in [-0.2, 0) is 12.8 Å². The Kier molecular flexibility index (Phi) is 3.76. The van der Waals surface area contributed by atoms with E-state index >= 15 is 0 Å². The molecule has 21 heavy (non-hydrogen) atoms. The molecule has 2 aromatic rings. The lowest BCUT2D eigenvalue weighted by atomic mass is 9.95. The predicted molar refractivity (Wildman–Crippen MR) is 80.3 cm³/mol. The topological polar surface area (TPSA) is 48.7 Å². The van der Waals surface area contributed by atoms with Crippen molar-refractivity contribution in [2.24, 2.45) is 0 Å². The summed E-state index contributed by atoms with van der Waals surface area (Å²) in [5, 5.41) is 12.7. The predicted octanol–water partition coefficient (Wildman–Crippen LogP) is 4.37. The van der Waals surface area contributed by atoms with Gasteiger partial charge in [0.05, 0.1) is 16.3 Å². The molecule has 0 aliphatic heterocycles. The molecule has 1 aromatic carbocycles. The number of aryl methyl sites for hydroxylation is 2. The van der Waals surface area contributed by atoms with E-state index in [1.54, 1.807) is 0 Å². The summed E-state index contributed by atoms with van der Waals surface area (Å²) in [5.41, 5.74) is 3.01. The monoisotopic (exact) mass is 301 g/mol.